The summed E-state index contributed by atoms with van der Waals surface area (Å²) in [7, 11) is 1.24. The van der Waals surface area contributed by atoms with E-state index in [1.807, 2.05) is 42.5 Å². The number of aromatic nitrogens is 2. The summed E-state index contributed by atoms with van der Waals surface area (Å²) in [5.74, 6) is -1.06. The van der Waals surface area contributed by atoms with Crippen LogP contribution in [0.5, 0.6) is 5.75 Å². The minimum absolute atomic E-state index is 0.0199. The number of benzene rings is 2. The highest BCUT2D eigenvalue weighted by molar-refractivity contribution is 5.90. The lowest BCUT2D eigenvalue weighted by Gasteiger charge is -2.27. The third kappa shape index (κ3) is 4.14. The molecule has 0 saturated heterocycles. The van der Waals surface area contributed by atoms with E-state index in [-0.39, 0.29) is 42.1 Å². The van der Waals surface area contributed by atoms with Crippen LogP contribution in [-0.4, -0.2) is 58.3 Å². The number of carbonyl (C=O) groups is 3. The van der Waals surface area contributed by atoms with Crippen LogP contribution in [0, 0.1) is 5.92 Å². The molecule has 3 aliphatic rings. The number of fused-ring (bicyclic) bond motifs is 4. The van der Waals surface area contributed by atoms with Crippen LogP contribution in [0.4, 0.5) is 5.69 Å². The Bertz CT molecular complexity index is 1810. The number of para-hydroxylation sites is 1. The number of oxazole rings is 2. The van der Waals surface area contributed by atoms with Gasteiger partial charge in [-0.1, -0.05) is 44.2 Å². The predicted octanol–water partition coefficient (Wildman–Crippen LogP) is 2.27. The third-order valence-corrected chi connectivity index (χ3v) is 8.26. The first-order valence-corrected chi connectivity index (χ1v) is 14.2. The van der Waals surface area contributed by atoms with Gasteiger partial charge in [0.15, 0.2) is 23.4 Å². The Kier molecular flexibility index (Phi) is 6.43. The molecule has 7 rings (SSSR count). The summed E-state index contributed by atoms with van der Waals surface area (Å²) in [6.45, 7) is 3.30. The molecule has 4 atom stereocenters. The van der Waals surface area contributed by atoms with Crippen molar-refractivity contribution < 1.29 is 37.8 Å². The molecule has 4 aromatic rings. The van der Waals surface area contributed by atoms with Gasteiger partial charge in [-0.3, -0.25) is 9.59 Å². The van der Waals surface area contributed by atoms with Gasteiger partial charge in [0.25, 0.3) is 0 Å². The summed E-state index contributed by atoms with van der Waals surface area (Å²) in [4.78, 5) is 47.5. The monoisotopic (exact) mass is 599 g/mol. The minimum Gasteiger partial charge on any atom is -0.469 e. The number of aliphatic hydroxyl groups is 1. The van der Waals surface area contributed by atoms with E-state index in [0.29, 0.717) is 11.5 Å². The van der Waals surface area contributed by atoms with Crippen LogP contribution in [0.2, 0.25) is 0 Å². The molecular weight excluding hydrogens is 570 g/mol. The number of esters is 1. The molecule has 2 aromatic heterocycles. The highest BCUT2D eigenvalue weighted by Gasteiger charge is 2.61. The number of hydrogen-bond acceptors (Lipinski definition) is 11. The summed E-state index contributed by atoms with van der Waals surface area (Å²) in [6, 6.07) is 12.3. The molecular formula is C31H29N5O8. The molecule has 5 heterocycles. The summed E-state index contributed by atoms with van der Waals surface area (Å²) < 4.78 is 23.5. The standard InChI is InChI=1S/C31H29N5O8/c1-14(2)24(37)27(39)33-19-11-15-8-9-21-17(10-15)31(16-6-4-5-7-18(16)35-30(31)43-21)25-23(36-22(44-25)12-32-26(19)38)28-34-20(13-42-28)29(40)41-3/h4-10,13-14,19,24,30,35,37H,11-12H2,1-3H3,(H,32,38)(H,33,39)/t19?,24-,30?,31-/m0/s1. The van der Waals surface area contributed by atoms with Gasteiger partial charge >= 0.3 is 5.97 Å². The van der Waals surface area contributed by atoms with Crippen molar-refractivity contribution in [3.05, 3.63) is 82.8 Å². The highest BCUT2D eigenvalue weighted by Crippen LogP contribution is 2.59. The van der Waals surface area contributed by atoms with Crippen molar-refractivity contribution in [2.45, 2.75) is 50.6 Å². The number of aliphatic hydroxyl groups excluding tert-OH is 1. The molecule has 0 radical (unpaired) electrons. The quantitative estimate of drug-likeness (QED) is 0.247. The molecule has 0 fully saturated rings. The number of carbonyl (C=O) groups excluding carboxylic acids is 3. The van der Waals surface area contributed by atoms with Gasteiger partial charge < -0.3 is 39.4 Å². The number of ether oxygens (including phenoxy) is 2. The fourth-order valence-electron chi connectivity index (χ4n) is 6.08. The zero-order valence-electron chi connectivity index (χ0n) is 24.0. The topological polar surface area (TPSA) is 178 Å². The number of nitrogens with one attached hydrogen (secondary N) is 3. The van der Waals surface area contributed by atoms with Crippen molar-refractivity contribution in [1.82, 2.24) is 20.6 Å². The van der Waals surface area contributed by atoms with Crippen LogP contribution in [0.15, 0.2) is 57.6 Å². The lowest BCUT2D eigenvalue weighted by molar-refractivity contribution is -0.135. The molecule has 2 amide bonds. The summed E-state index contributed by atoms with van der Waals surface area (Å²) in [5.41, 5.74) is 2.27. The van der Waals surface area contributed by atoms with Gasteiger partial charge in [-0.25, -0.2) is 14.8 Å². The van der Waals surface area contributed by atoms with Gasteiger partial charge in [-0.15, -0.1) is 0 Å². The Morgan fingerprint density at radius 2 is 1.98 bits per heavy atom. The largest absolute Gasteiger partial charge is 0.469 e. The van der Waals surface area contributed by atoms with Crippen molar-refractivity contribution in [2.24, 2.45) is 5.92 Å². The molecule has 226 valence electrons. The second-order valence-electron chi connectivity index (χ2n) is 11.3. The second-order valence-corrected chi connectivity index (χ2v) is 11.3. The molecule has 4 N–H and O–H groups in total. The van der Waals surface area contributed by atoms with Crippen LogP contribution in [0.1, 0.15) is 52.7 Å². The fraction of sp³-hybridized carbons (Fsp3) is 0.323. The average Bonchev–Trinajstić information content (AvgIpc) is 3.79. The Labute approximate surface area is 251 Å². The molecule has 0 saturated carbocycles. The summed E-state index contributed by atoms with van der Waals surface area (Å²) in [6.07, 6.45) is -0.599. The van der Waals surface area contributed by atoms with Crippen molar-refractivity contribution in [3.8, 4) is 17.3 Å². The predicted molar refractivity (Wildman–Crippen MR) is 152 cm³/mol. The van der Waals surface area contributed by atoms with Gasteiger partial charge in [-0.05, 0) is 29.2 Å². The Morgan fingerprint density at radius 3 is 2.77 bits per heavy atom. The van der Waals surface area contributed by atoms with E-state index in [9.17, 15) is 19.5 Å². The Morgan fingerprint density at radius 1 is 1.16 bits per heavy atom. The first-order valence-electron chi connectivity index (χ1n) is 14.2. The zero-order valence-corrected chi connectivity index (χ0v) is 24.0. The van der Waals surface area contributed by atoms with E-state index < -0.39 is 41.6 Å². The van der Waals surface area contributed by atoms with E-state index in [0.717, 1.165) is 22.4 Å². The van der Waals surface area contributed by atoms with E-state index >= 15 is 0 Å². The molecule has 13 heteroatoms. The number of anilines is 1. The van der Waals surface area contributed by atoms with Crippen LogP contribution < -0.4 is 20.7 Å². The zero-order chi connectivity index (χ0) is 30.7. The summed E-state index contributed by atoms with van der Waals surface area (Å²) >= 11 is 0. The average molecular weight is 600 g/mol. The number of hydrogen-bond donors (Lipinski definition) is 4. The van der Waals surface area contributed by atoms with Gasteiger partial charge in [-0.2, -0.15) is 0 Å². The lowest BCUT2D eigenvalue weighted by atomic mass is 9.72. The van der Waals surface area contributed by atoms with Crippen molar-refractivity contribution in [3.63, 3.8) is 0 Å². The number of rotatable bonds is 5. The van der Waals surface area contributed by atoms with E-state index in [1.54, 1.807) is 13.8 Å². The third-order valence-electron chi connectivity index (χ3n) is 8.26. The maximum atomic E-state index is 13.4. The van der Waals surface area contributed by atoms with Crippen molar-refractivity contribution >= 4 is 23.5 Å². The first-order chi connectivity index (χ1) is 21.2. The smallest absolute Gasteiger partial charge is 0.360 e. The van der Waals surface area contributed by atoms with Gasteiger partial charge in [0.2, 0.25) is 23.6 Å². The maximum absolute atomic E-state index is 13.4. The maximum Gasteiger partial charge on any atom is 0.360 e. The van der Waals surface area contributed by atoms with Crippen LogP contribution in [0.3, 0.4) is 0 Å². The van der Waals surface area contributed by atoms with Gasteiger partial charge in [0, 0.05) is 17.7 Å². The number of amides is 2. The van der Waals surface area contributed by atoms with Gasteiger partial charge in [0.1, 0.15) is 29.6 Å². The SMILES string of the molecule is COC(=O)c1coc(-c2nc3oc2[C@@]24c5ccccc5NC2Oc2ccc(cc24)CC(NC(=O)[C@@H](O)C(C)C)C(=O)NC3)n1. The highest BCUT2D eigenvalue weighted by atomic mass is 16.5. The lowest BCUT2D eigenvalue weighted by Crippen LogP contribution is -2.51. The molecule has 4 bridgehead atoms. The molecule has 2 aromatic carbocycles. The van der Waals surface area contributed by atoms with Crippen molar-refractivity contribution in [2.75, 3.05) is 12.4 Å². The van der Waals surface area contributed by atoms with Crippen molar-refractivity contribution in [1.29, 1.82) is 0 Å². The molecule has 2 unspecified atom stereocenters. The molecule has 13 nitrogen and oxygen atoms in total. The van der Waals surface area contributed by atoms with E-state index in [1.165, 1.54) is 13.4 Å². The molecule has 44 heavy (non-hydrogen) atoms. The van der Waals surface area contributed by atoms with Gasteiger partial charge in [0.05, 0.1) is 13.7 Å². The normalized spacial score (nSPS) is 22.0. The Balaban J connectivity index is 1.42. The molecule has 1 spiro atoms. The second kappa shape index (κ2) is 10.2. The molecule has 0 aliphatic carbocycles. The number of nitrogens with zero attached hydrogens (tertiary/aromatic N) is 2. The van der Waals surface area contributed by atoms with Crippen LogP contribution >= 0.6 is 0 Å². The van der Waals surface area contributed by atoms with E-state index in [4.69, 9.17) is 18.3 Å². The van der Waals surface area contributed by atoms with Crippen LogP contribution in [0.25, 0.3) is 11.6 Å². The summed E-state index contributed by atoms with van der Waals surface area (Å²) in [5, 5.41) is 19.3. The number of methoxy groups -OCH3 is 1. The molecule has 3 aliphatic heterocycles. The fourth-order valence-corrected chi connectivity index (χ4v) is 6.08. The first kappa shape index (κ1) is 27.7. The minimum atomic E-state index is -1.28. The Hall–Kier alpha value is -5.17. The van der Waals surface area contributed by atoms with Crippen LogP contribution in [-0.2, 0) is 32.7 Å². The van der Waals surface area contributed by atoms with E-state index in [2.05, 4.69) is 25.9 Å².